The summed E-state index contributed by atoms with van der Waals surface area (Å²) in [7, 11) is 0. The number of thiazole rings is 1. The highest BCUT2D eigenvalue weighted by Crippen LogP contribution is 2.35. The highest BCUT2D eigenvalue weighted by Gasteiger charge is 2.15. The van der Waals surface area contributed by atoms with Gasteiger partial charge in [-0.2, -0.15) is 0 Å². The van der Waals surface area contributed by atoms with Crippen molar-refractivity contribution in [1.82, 2.24) is 9.97 Å². The molecule has 0 atom stereocenters. The smallest absolute Gasteiger partial charge is 0.142 e. The summed E-state index contributed by atoms with van der Waals surface area (Å²) in [5.41, 5.74) is 5.47. The van der Waals surface area contributed by atoms with Gasteiger partial charge in [-0.1, -0.05) is 23.8 Å². The number of benzene rings is 1. The van der Waals surface area contributed by atoms with Crippen LogP contribution in [0.15, 0.2) is 42.6 Å². The Kier molecular flexibility index (Phi) is 4.04. The largest absolute Gasteiger partial charge is 0.254 e. The molecule has 0 aliphatic rings. The number of rotatable bonds is 3. The number of halogens is 1. The molecule has 3 rings (SSSR count). The van der Waals surface area contributed by atoms with Crippen molar-refractivity contribution in [2.75, 3.05) is 0 Å². The van der Waals surface area contributed by atoms with Crippen molar-refractivity contribution in [3.63, 3.8) is 0 Å². The average Bonchev–Trinajstić information content (AvgIpc) is 2.94. The predicted molar refractivity (Wildman–Crippen MR) is 89.8 cm³/mol. The Morgan fingerprint density at radius 2 is 2.00 bits per heavy atom. The molecular formula is C17H15ClN2S. The number of aromatic nitrogens is 2. The topological polar surface area (TPSA) is 25.8 Å². The van der Waals surface area contributed by atoms with E-state index in [1.165, 1.54) is 11.1 Å². The molecule has 0 saturated heterocycles. The van der Waals surface area contributed by atoms with Gasteiger partial charge >= 0.3 is 0 Å². The summed E-state index contributed by atoms with van der Waals surface area (Å²) in [5, 5.41) is 0.919. The third-order valence-corrected chi connectivity index (χ3v) is 4.85. The van der Waals surface area contributed by atoms with Crippen LogP contribution in [0.3, 0.4) is 0 Å². The lowest BCUT2D eigenvalue weighted by Crippen LogP contribution is -1.88. The van der Waals surface area contributed by atoms with Gasteiger partial charge in [0.25, 0.3) is 0 Å². The second-order valence-corrected chi connectivity index (χ2v) is 6.31. The normalized spacial score (nSPS) is 10.8. The van der Waals surface area contributed by atoms with Gasteiger partial charge in [-0.05, 0) is 37.6 Å². The first-order chi connectivity index (χ1) is 10.2. The van der Waals surface area contributed by atoms with E-state index >= 15 is 0 Å². The summed E-state index contributed by atoms with van der Waals surface area (Å²) in [6.07, 6.45) is 1.79. The molecule has 0 aliphatic carbocycles. The highest BCUT2D eigenvalue weighted by atomic mass is 35.5. The minimum absolute atomic E-state index is 0.465. The van der Waals surface area contributed by atoms with E-state index in [0.29, 0.717) is 5.88 Å². The monoisotopic (exact) mass is 314 g/mol. The maximum atomic E-state index is 6.12. The number of aryl methyl sites for hydroxylation is 2. The third-order valence-electron chi connectivity index (χ3n) is 3.35. The first-order valence-electron chi connectivity index (χ1n) is 6.73. The van der Waals surface area contributed by atoms with Crippen LogP contribution in [-0.2, 0) is 5.88 Å². The van der Waals surface area contributed by atoms with Gasteiger partial charge in [-0.15, -0.1) is 22.9 Å². The van der Waals surface area contributed by atoms with Crippen LogP contribution in [0.1, 0.15) is 16.0 Å². The van der Waals surface area contributed by atoms with E-state index in [9.17, 15) is 0 Å². The van der Waals surface area contributed by atoms with Crippen molar-refractivity contribution in [1.29, 1.82) is 0 Å². The Bertz CT molecular complexity index is 766. The minimum atomic E-state index is 0.465. The molecule has 0 bridgehead atoms. The van der Waals surface area contributed by atoms with Crippen LogP contribution in [0.5, 0.6) is 0 Å². The lowest BCUT2D eigenvalue weighted by atomic mass is 10.0. The molecule has 0 amide bonds. The lowest BCUT2D eigenvalue weighted by molar-refractivity contribution is 1.27. The van der Waals surface area contributed by atoms with E-state index in [0.717, 1.165) is 26.8 Å². The molecule has 0 unspecified atom stereocenters. The van der Waals surface area contributed by atoms with Gasteiger partial charge in [0, 0.05) is 16.6 Å². The summed E-state index contributed by atoms with van der Waals surface area (Å²) < 4.78 is 0. The van der Waals surface area contributed by atoms with Crippen molar-refractivity contribution < 1.29 is 0 Å². The van der Waals surface area contributed by atoms with Gasteiger partial charge in [0.2, 0.25) is 0 Å². The molecule has 0 radical (unpaired) electrons. The molecule has 21 heavy (non-hydrogen) atoms. The highest BCUT2D eigenvalue weighted by molar-refractivity contribution is 7.15. The number of nitrogens with zero attached hydrogens (tertiary/aromatic N) is 2. The number of pyridine rings is 1. The van der Waals surface area contributed by atoms with Gasteiger partial charge in [-0.25, -0.2) is 4.98 Å². The van der Waals surface area contributed by atoms with E-state index in [4.69, 9.17) is 16.6 Å². The lowest BCUT2D eigenvalue weighted by Gasteiger charge is -2.05. The zero-order chi connectivity index (χ0) is 14.8. The molecule has 0 N–H and O–H groups in total. The summed E-state index contributed by atoms with van der Waals surface area (Å²) in [5.74, 6) is 0.465. The number of hydrogen-bond donors (Lipinski definition) is 0. The first-order valence-corrected chi connectivity index (χ1v) is 8.09. The van der Waals surface area contributed by atoms with E-state index in [2.05, 4.69) is 37.0 Å². The maximum Gasteiger partial charge on any atom is 0.142 e. The Morgan fingerprint density at radius 3 is 2.71 bits per heavy atom. The standard InChI is InChI=1S/C17H15ClN2S/c1-11-6-7-12(2)13(9-11)16-15(10-18)21-17(20-16)14-5-3-4-8-19-14/h3-9H,10H2,1-2H3. The quantitative estimate of drug-likeness (QED) is 0.619. The molecule has 2 heterocycles. The van der Waals surface area contributed by atoms with Crippen LogP contribution in [0, 0.1) is 13.8 Å². The fourth-order valence-electron chi connectivity index (χ4n) is 2.24. The maximum absolute atomic E-state index is 6.12. The van der Waals surface area contributed by atoms with Gasteiger partial charge in [0.15, 0.2) is 0 Å². The molecule has 3 aromatic rings. The molecule has 1 aromatic carbocycles. The zero-order valence-corrected chi connectivity index (χ0v) is 13.5. The molecule has 0 aliphatic heterocycles. The van der Waals surface area contributed by atoms with Gasteiger partial charge < -0.3 is 0 Å². The SMILES string of the molecule is Cc1ccc(C)c(-c2nc(-c3ccccn3)sc2CCl)c1. The van der Waals surface area contributed by atoms with Gasteiger partial charge in [0.1, 0.15) is 5.01 Å². The molecule has 4 heteroatoms. The molecule has 0 saturated carbocycles. The van der Waals surface area contributed by atoms with Crippen LogP contribution in [-0.4, -0.2) is 9.97 Å². The van der Waals surface area contributed by atoms with Crippen LogP contribution in [0.4, 0.5) is 0 Å². The summed E-state index contributed by atoms with van der Waals surface area (Å²) >= 11 is 7.74. The number of alkyl halides is 1. The Hall–Kier alpha value is -1.71. The fourth-order valence-corrected chi connectivity index (χ4v) is 3.44. The zero-order valence-electron chi connectivity index (χ0n) is 11.9. The van der Waals surface area contributed by atoms with Crippen molar-refractivity contribution in [2.24, 2.45) is 0 Å². The van der Waals surface area contributed by atoms with E-state index in [1.807, 2.05) is 18.2 Å². The third kappa shape index (κ3) is 2.85. The molecule has 0 spiro atoms. The van der Waals surface area contributed by atoms with E-state index in [1.54, 1.807) is 17.5 Å². The molecule has 106 valence electrons. The Morgan fingerprint density at radius 1 is 1.14 bits per heavy atom. The molecule has 2 aromatic heterocycles. The van der Waals surface area contributed by atoms with Crippen molar-refractivity contribution in [3.8, 4) is 22.0 Å². The fraction of sp³-hybridized carbons (Fsp3) is 0.176. The van der Waals surface area contributed by atoms with Crippen LogP contribution in [0.2, 0.25) is 0 Å². The molecule has 2 nitrogen and oxygen atoms in total. The van der Waals surface area contributed by atoms with Gasteiger partial charge in [-0.3, -0.25) is 4.98 Å². The predicted octanol–water partition coefficient (Wildman–Crippen LogP) is 5.23. The summed E-state index contributed by atoms with van der Waals surface area (Å²) in [6.45, 7) is 4.20. The number of hydrogen-bond acceptors (Lipinski definition) is 3. The van der Waals surface area contributed by atoms with Crippen LogP contribution in [0.25, 0.3) is 22.0 Å². The van der Waals surface area contributed by atoms with E-state index in [-0.39, 0.29) is 0 Å². The minimum Gasteiger partial charge on any atom is -0.254 e. The van der Waals surface area contributed by atoms with Crippen molar-refractivity contribution in [3.05, 3.63) is 58.6 Å². The summed E-state index contributed by atoms with van der Waals surface area (Å²) in [6, 6.07) is 12.3. The molecule has 0 fully saturated rings. The van der Waals surface area contributed by atoms with Crippen molar-refractivity contribution in [2.45, 2.75) is 19.7 Å². The second kappa shape index (κ2) is 5.96. The molecular weight excluding hydrogens is 300 g/mol. The van der Waals surface area contributed by atoms with Crippen LogP contribution < -0.4 is 0 Å². The Balaban J connectivity index is 2.15. The van der Waals surface area contributed by atoms with Gasteiger partial charge in [0.05, 0.1) is 17.3 Å². The second-order valence-electron chi connectivity index (χ2n) is 4.96. The summed E-state index contributed by atoms with van der Waals surface area (Å²) in [4.78, 5) is 10.3. The van der Waals surface area contributed by atoms with E-state index < -0.39 is 0 Å². The Labute approximate surface area is 133 Å². The van der Waals surface area contributed by atoms with Crippen LogP contribution >= 0.6 is 22.9 Å². The van der Waals surface area contributed by atoms with Crippen molar-refractivity contribution >= 4 is 22.9 Å². The average molecular weight is 315 g/mol. The first kappa shape index (κ1) is 14.2.